The van der Waals surface area contributed by atoms with Crippen LogP contribution in [0.3, 0.4) is 0 Å². The van der Waals surface area contributed by atoms with Crippen LogP contribution in [0.1, 0.15) is 46.0 Å². The molecule has 1 aliphatic rings. The van der Waals surface area contributed by atoms with Crippen molar-refractivity contribution in [1.82, 2.24) is 5.32 Å². The monoisotopic (exact) mass is 228 g/mol. The van der Waals surface area contributed by atoms with Crippen molar-refractivity contribution in [3.8, 4) is 0 Å². The average Bonchev–Trinajstić information content (AvgIpc) is 2.14. The van der Waals surface area contributed by atoms with Crippen LogP contribution in [0.25, 0.3) is 0 Å². The first kappa shape index (κ1) is 13.5. The molecule has 0 aromatic heterocycles. The third-order valence-electron chi connectivity index (χ3n) is 3.05. The maximum absolute atomic E-state index is 11.5. The summed E-state index contributed by atoms with van der Waals surface area (Å²) in [6, 6.07) is 0. The van der Waals surface area contributed by atoms with Gasteiger partial charge in [-0.1, -0.05) is 12.8 Å². The number of hydrogen-bond donors (Lipinski definition) is 3. The third-order valence-corrected chi connectivity index (χ3v) is 3.05. The molecule has 16 heavy (non-hydrogen) atoms. The van der Waals surface area contributed by atoms with E-state index in [2.05, 4.69) is 5.32 Å². The Morgan fingerprint density at radius 2 is 2.06 bits per heavy atom. The molecule has 2 atom stereocenters. The molecule has 1 amide bonds. The molecule has 1 aliphatic carbocycles. The normalized spacial score (nSPS) is 26.5. The number of hydrogen-bond acceptors (Lipinski definition) is 3. The lowest BCUT2D eigenvalue weighted by atomic mass is 9.86. The lowest BCUT2D eigenvalue weighted by Gasteiger charge is -2.28. The first-order valence-corrected chi connectivity index (χ1v) is 6.12. The van der Waals surface area contributed by atoms with Crippen LogP contribution in [-0.4, -0.2) is 29.2 Å². The first-order valence-electron chi connectivity index (χ1n) is 6.12. The number of amides is 1. The van der Waals surface area contributed by atoms with Gasteiger partial charge in [-0.25, -0.2) is 0 Å². The SMILES string of the molecule is CC(C)(N)CC(=O)NCC1CCCCC1O. The summed E-state index contributed by atoms with van der Waals surface area (Å²) >= 11 is 0. The highest BCUT2D eigenvalue weighted by atomic mass is 16.3. The standard InChI is InChI=1S/C12H24N2O2/c1-12(2,13)7-11(16)14-8-9-5-3-4-6-10(9)15/h9-10,15H,3-8,13H2,1-2H3,(H,14,16). The average molecular weight is 228 g/mol. The topological polar surface area (TPSA) is 75.4 Å². The molecule has 0 bridgehead atoms. The van der Waals surface area contributed by atoms with E-state index in [4.69, 9.17) is 5.73 Å². The summed E-state index contributed by atoms with van der Waals surface area (Å²) in [5.41, 5.74) is 5.30. The third kappa shape index (κ3) is 4.94. The zero-order valence-electron chi connectivity index (χ0n) is 10.3. The van der Waals surface area contributed by atoms with E-state index in [1.165, 1.54) is 0 Å². The van der Waals surface area contributed by atoms with Gasteiger partial charge >= 0.3 is 0 Å². The summed E-state index contributed by atoms with van der Waals surface area (Å²) in [4.78, 5) is 11.5. The molecular formula is C12H24N2O2. The zero-order chi connectivity index (χ0) is 12.2. The Morgan fingerprint density at radius 1 is 1.44 bits per heavy atom. The zero-order valence-corrected chi connectivity index (χ0v) is 10.3. The van der Waals surface area contributed by atoms with Crippen LogP contribution in [0, 0.1) is 5.92 Å². The van der Waals surface area contributed by atoms with E-state index in [1.807, 2.05) is 13.8 Å². The number of nitrogens with two attached hydrogens (primary N) is 1. The number of nitrogens with one attached hydrogen (secondary N) is 1. The van der Waals surface area contributed by atoms with Crippen molar-refractivity contribution < 1.29 is 9.90 Å². The minimum atomic E-state index is -0.463. The molecule has 1 rings (SSSR count). The second kappa shape index (κ2) is 5.64. The van der Waals surface area contributed by atoms with Gasteiger partial charge in [-0.15, -0.1) is 0 Å². The summed E-state index contributed by atoms with van der Waals surface area (Å²) in [6.45, 7) is 4.25. The summed E-state index contributed by atoms with van der Waals surface area (Å²) in [7, 11) is 0. The highest BCUT2D eigenvalue weighted by molar-refractivity contribution is 5.77. The Balaban J connectivity index is 2.25. The second-order valence-corrected chi connectivity index (χ2v) is 5.58. The Kier molecular flexibility index (Phi) is 4.74. The summed E-state index contributed by atoms with van der Waals surface area (Å²) in [5.74, 6) is 0.198. The van der Waals surface area contributed by atoms with Gasteiger partial charge in [0.05, 0.1) is 6.10 Å². The van der Waals surface area contributed by atoms with E-state index < -0.39 is 5.54 Å². The van der Waals surface area contributed by atoms with Crippen LogP contribution in [0.4, 0.5) is 0 Å². The van der Waals surface area contributed by atoms with Crippen molar-refractivity contribution in [2.75, 3.05) is 6.54 Å². The predicted octanol–water partition coefficient (Wildman–Crippen LogP) is 0.781. The van der Waals surface area contributed by atoms with E-state index in [0.29, 0.717) is 13.0 Å². The summed E-state index contributed by atoms with van der Waals surface area (Å²) in [6.07, 6.45) is 4.20. The van der Waals surface area contributed by atoms with Gasteiger partial charge in [0, 0.05) is 24.4 Å². The quantitative estimate of drug-likeness (QED) is 0.665. The van der Waals surface area contributed by atoms with Gasteiger partial charge in [0.25, 0.3) is 0 Å². The van der Waals surface area contributed by atoms with Gasteiger partial charge in [-0.05, 0) is 26.7 Å². The summed E-state index contributed by atoms with van der Waals surface area (Å²) in [5, 5.41) is 12.6. The molecule has 0 aromatic rings. The summed E-state index contributed by atoms with van der Waals surface area (Å²) < 4.78 is 0. The van der Waals surface area contributed by atoms with E-state index in [1.54, 1.807) is 0 Å². The van der Waals surface area contributed by atoms with Crippen LogP contribution < -0.4 is 11.1 Å². The molecule has 2 unspecified atom stereocenters. The molecule has 1 saturated carbocycles. The van der Waals surface area contributed by atoms with E-state index >= 15 is 0 Å². The molecule has 0 spiro atoms. The van der Waals surface area contributed by atoms with E-state index in [-0.39, 0.29) is 17.9 Å². The molecule has 94 valence electrons. The Morgan fingerprint density at radius 3 is 2.62 bits per heavy atom. The smallest absolute Gasteiger partial charge is 0.221 e. The number of rotatable bonds is 4. The van der Waals surface area contributed by atoms with Gasteiger partial charge in [0.1, 0.15) is 0 Å². The van der Waals surface area contributed by atoms with Crippen molar-refractivity contribution in [3.63, 3.8) is 0 Å². The molecule has 4 nitrogen and oxygen atoms in total. The Labute approximate surface area is 97.6 Å². The van der Waals surface area contributed by atoms with Gasteiger partial charge in [0.2, 0.25) is 5.91 Å². The molecular weight excluding hydrogens is 204 g/mol. The maximum Gasteiger partial charge on any atom is 0.221 e. The van der Waals surface area contributed by atoms with Gasteiger partial charge in [-0.3, -0.25) is 4.79 Å². The van der Waals surface area contributed by atoms with Crippen molar-refractivity contribution in [1.29, 1.82) is 0 Å². The van der Waals surface area contributed by atoms with Gasteiger partial charge < -0.3 is 16.2 Å². The van der Waals surface area contributed by atoms with E-state index in [0.717, 1.165) is 25.7 Å². The van der Waals surface area contributed by atoms with Crippen molar-refractivity contribution in [2.45, 2.75) is 57.6 Å². The molecule has 0 radical (unpaired) electrons. The predicted molar refractivity (Wildman–Crippen MR) is 63.9 cm³/mol. The molecule has 0 aliphatic heterocycles. The van der Waals surface area contributed by atoms with E-state index in [9.17, 15) is 9.90 Å². The second-order valence-electron chi connectivity index (χ2n) is 5.58. The number of carbonyl (C=O) groups is 1. The molecule has 1 fully saturated rings. The van der Waals surface area contributed by atoms with Gasteiger partial charge in [-0.2, -0.15) is 0 Å². The van der Waals surface area contributed by atoms with Crippen molar-refractivity contribution >= 4 is 5.91 Å². The minimum Gasteiger partial charge on any atom is -0.393 e. The highest BCUT2D eigenvalue weighted by Gasteiger charge is 2.24. The highest BCUT2D eigenvalue weighted by Crippen LogP contribution is 2.23. The maximum atomic E-state index is 11.5. The molecule has 4 N–H and O–H groups in total. The molecule has 4 heteroatoms. The van der Waals surface area contributed by atoms with Crippen LogP contribution >= 0.6 is 0 Å². The van der Waals surface area contributed by atoms with Crippen molar-refractivity contribution in [3.05, 3.63) is 0 Å². The largest absolute Gasteiger partial charge is 0.393 e. The van der Waals surface area contributed by atoms with Gasteiger partial charge in [0.15, 0.2) is 0 Å². The Bertz CT molecular complexity index is 236. The number of aliphatic hydroxyl groups excluding tert-OH is 1. The fourth-order valence-electron chi connectivity index (χ4n) is 2.15. The minimum absolute atomic E-state index is 0.0229. The van der Waals surface area contributed by atoms with Crippen molar-refractivity contribution in [2.24, 2.45) is 11.7 Å². The first-order chi connectivity index (χ1) is 7.38. The molecule has 0 saturated heterocycles. The molecule has 0 aromatic carbocycles. The fourth-order valence-corrected chi connectivity index (χ4v) is 2.15. The van der Waals surface area contributed by atoms with Crippen LogP contribution in [-0.2, 0) is 4.79 Å². The van der Waals surface area contributed by atoms with Crippen LogP contribution in [0.2, 0.25) is 0 Å². The lowest BCUT2D eigenvalue weighted by Crippen LogP contribution is -2.42. The van der Waals surface area contributed by atoms with Crippen LogP contribution in [0.15, 0.2) is 0 Å². The molecule has 0 heterocycles. The number of carbonyl (C=O) groups excluding carboxylic acids is 1. The fraction of sp³-hybridized carbons (Fsp3) is 0.917. The van der Waals surface area contributed by atoms with Crippen LogP contribution in [0.5, 0.6) is 0 Å². The lowest BCUT2D eigenvalue weighted by molar-refractivity contribution is -0.122. The number of aliphatic hydroxyl groups is 1. The Hall–Kier alpha value is -0.610.